The molecule has 0 aliphatic carbocycles. The second-order valence-electron chi connectivity index (χ2n) is 5.02. The van der Waals surface area contributed by atoms with E-state index in [0.717, 1.165) is 6.42 Å². The van der Waals surface area contributed by atoms with Crippen LogP contribution in [0.1, 0.15) is 20.3 Å². The van der Waals surface area contributed by atoms with Crippen LogP contribution in [0.2, 0.25) is 0 Å². The number of sulfonamides is 1. The van der Waals surface area contributed by atoms with Crippen molar-refractivity contribution in [2.24, 2.45) is 11.8 Å². The molecule has 1 aliphatic rings. The van der Waals surface area contributed by atoms with Crippen molar-refractivity contribution in [3.63, 3.8) is 0 Å². The lowest BCUT2D eigenvalue weighted by Gasteiger charge is -2.34. The van der Waals surface area contributed by atoms with Crippen LogP contribution in [-0.2, 0) is 10.0 Å². The van der Waals surface area contributed by atoms with Crippen molar-refractivity contribution in [2.75, 3.05) is 18.8 Å². The minimum absolute atomic E-state index is 0.231. The van der Waals surface area contributed by atoms with E-state index in [1.54, 1.807) is 4.31 Å². The first kappa shape index (κ1) is 13.3. The summed E-state index contributed by atoms with van der Waals surface area (Å²) >= 11 is 0. The Hall–Kier alpha value is -1.14. The predicted molar refractivity (Wildman–Crippen MR) is 70.4 cm³/mol. The minimum atomic E-state index is -3.43. The molecular formula is C12H19N3O2S. The summed E-state index contributed by atoms with van der Waals surface area (Å²) in [6, 6.07) is 2.91. The van der Waals surface area contributed by atoms with Crippen molar-refractivity contribution in [1.29, 1.82) is 0 Å². The molecule has 1 aliphatic heterocycles. The molecular weight excluding hydrogens is 250 g/mol. The van der Waals surface area contributed by atoms with Crippen molar-refractivity contribution in [3.05, 3.63) is 18.3 Å². The molecule has 0 bridgehead atoms. The van der Waals surface area contributed by atoms with Gasteiger partial charge in [0.25, 0.3) is 0 Å². The first-order chi connectivity index (χ1) is 8.41. The molecule has 2 N–H and O–H groups in total. The van der Waals surface area contributed by atoms with Gasteiger partial charge in [0, 0.05) is 25.4 Å². The molecule has 1 aromatic heterocycles. The highest BCUT2D eigenvalue weighted by Gasteiger charge is 2.31. The van der Waals surface area contributed by atoms with Gasteiger partial charge in [0.1, 0.15) is 5.82 Å². The second kappa shape index (κ2) is 4.85. The molecule has 1 aromatic rings. The lowest BCUT2D eigenvalue weighted by Crippen LogP contribution is -2.42. The molecule has 5 nitrogen and oxygen atoms in total. The standard InChI is InChI=1S/C12H19N3O2S/c1-9-4-6-15(8-10(9)2)18(16,17)11-3-5-14-12(13)7-11/h3,5,7,9-10H,4,6,8H2,1-2H3,(H2,13,14). The van der Waals surface area contributed by atoms with E-state index in [4.69, 9.17) is 5.73 Å². The lowest BCUT2D eigenvalue weighted by atomic mass is 9.90. The van der Waals surface area contributed by atoms with Crippen LogP contribution in [-0.4, -0.2) is 30.8 Å². The number of nitrogens with zero attached hydrogens (tertiary/aromatic N) is 2. The monoisotopic (exact) mass is 269 g/mol. The summed E-state index contributed by atoms with van der Waals surface area (Å²) in [7, 11) is -3.43. The first-order valence-corrected chi connectivity index (χ1v) is 7.57. The summed E-state index contributed by atoms with van der Waals surface area (Å²) in [5.41, 5.74) is 5.54. The third-order valence-electron chi connectivity index (χ3n) is 3.69. The molecule has 2 unspecified atom stereocenters. The third-order valence-corrected chi connectivity index (χ3v) is 5.55. The fourth-order valence-electron chi connectivity index (χ4n) is 2.18. The van der Waals surface area contributed by atoms with Crippen molar-refractivity contribution < 1.29 is 8.42 Å². The van der Waals surface area contributed by atoms with E-state index in [9.17, 15) is 8.42 Å². The Balaban J connectivity index is 2.27. The molecule has 2 atom stereocenters. The zero-order valence-electron chi connectivity index (χ0n) is 10.7. The molecule has 1 saturated heterocycles. The highest BCUT2D eigenvalue weighted by Crippen LogP contribution is 2.27. The van der Waals surface area contributed by atoms with Gasteiger partial charge in [-0.05, 0) is 24.3 Å². The minimum Gasteiger partial charge on any atom is -0.384 e. The van der Waals surface area contributed by atoms with E-state index in [2.05, 4.69) is 18.8 Å². The average Bonchev–Trinajstić information content (AvgIpc) is 2.32. The molecule has 1 fully saturated rings. The number of hydrogen-bond donors (Lipinski definition) is 1. The Morgan fingerprint density at radius 3 is 2.72 bits per heavy atom. The van der Waals surface area contributed by atoms with Gasteiger partial charge in [0.15, 0.2) is 0 Å². The van der Waals surface area contributed by atoms with Gasteiger partial charge in [0.05, 0.1) is 4.90 Å². The van der Waals surface area contributed by atoms with E-state index >= 15 is 0 Å². The maximum absolute atomic E-state index is 12.4. The van der Waals surface area contributed by atoms with E-state index < -0.39 is 10.0 Å². The quantitative estimate of drug-likeness (QED) is 0.878. The van der Waals surface area contributed by atoms with Gasteiger partial charge in [-0.25, -0.2) is 13.4 Å². The smallest absolute Gasteiger partial charge is 0.243 e. The molecule has 2 rings (SSSR count). The van der Waals surface area contributed by atoms with Gasteiger partial charge in [-0.15, -0.1) is 0 Å². The van der Waals surface area contributed by atoms with Crippen molar-refractivity contribution in [1.82, 2.24) is 9.29 Å². The van der Waals surface area contributed by atoms with Crippen molar-refractivity contribution >= 4 is 15.8 Å². The summed E-state index contributed by atoms with van der Waals surface area (Å²) in [6.07, 6.45) is 2.33. The second-order valence-corrected chi connectivity index (χ2v) is 6.96. The number of nitrogens with two attached hydrogens (primary N) is 1. The molecule has 0 spiro atoms. The molecule has 0 aromatic carbocycles. The van der Waals surface area contributed by atoms with Crippen LogP contribution in [0.5, 0.6) is 0 Å². The molecule has 0 amide bonds. The number of nitrogen functional groups attached to an aromatic ring is 1. The molecule has 0 radical (unpaired) electrons. The molecule has 100 valence electrons. The highest BCUT2D eigenvalue weighted by atomic mass is 32.2. The van der Waals surface area contributed by atoms with E-state index in [-0.39, 0.29) is 10.7 Å². The summed E-state index contributed by atoms with van der Waals surface area (Å²) in [4.78, 5) is 4.05. The number of hydrogen-bond acceptors (Lipinski definition) is 4. The van der Waals surface area contributed by atoms with Crippen molar-refractivity contribution in [2.45, 2.75) is 25.2 Å². The fourth-order valence-corrected chi connectivity index (χ4v) is 3.76. The van der Waals surface area contributed by atoms with Gasteiger partial charge in [0.2, 0.25) is 10.0 Å². The SMILES string of the molecule is CC1CCN(S(=O)(=O)c2ccnc(N)c2)CC1C. The van der Waals surface area contributed by atoms with E-state index in [1.165, 1.54) is 18.3 Å². The number of piperidine rings is 1. The Kier molecular flexibility index (Phi) is 3.59. The Bertz CT molecular complexity index is 530. The summed E-state index contributed by atoms with van der Waals surface area (Å²) in [5, 5.41) is 0. The topological polar surface area (TPSA) is 76.3 Å². The maximum Gasteiger partial charge on any atom is 0.243 e. The largest absolute Gasteiger partial charge is 0.384 e. The number of pyridine rings is 1. The van der Waals surface area contributed by atoms with Crippen LogP contribution < -0.4 is 5.73 Å². The van der Waals surface area contributed by atoms with Crippen LogP contribution in [0.25, 0.3) is 0 Å². The first-order valence-electron chi connectivity index (χ1n) is 6.13. The van der Waals surface area contributed by atoms with Gasteiger partial charge in [-0.1, -0.05) is 13.8 Å². The Morgan fingerprint density at radius 1 is 1.39 bits per heavy atom. The predicted octanol–water partition coefficient (Wildman–Crippen LogP) is 1.33. The van der Waals surface area contributed by atoms with Crippen molar-refractivity contribution in [3.8, 4) is 0 Å². The van der Waals surface area contributed by atoms with Crippen LogP contribution in [0.15, 0.2) is 23.2 Å². The third kappa shape index (κ3) is 2.49. The highest BCUT2D eigenvalue weighted by molar-refractivity contribution is 7.89. The van der Waals surface area contributed by atoms with E-state index in [1.807, 2.05) is 0 Å². The van der Waals surface area contributed by atoms with Crippen LogP contribution in [0.3, 0.4) is 0 Å². The zero-order chi connectivity index (χ0) is 13.3. The normalized spacial score (nSPS) is 26.1. The van der Waals surface area contributed by atoms with Gasteiger partial charge >= 0.3 is 0 Å². The molecule has 6 heteroatoms. The average molecular weight is 269 g/mol. The number of rotatable bonds is 2. The van der Waals surface area contributed by atoms with Gasteiger partial charge < -0.3 is 5.73 Å². The van der Waals surface area contributed by atoms with Crippen LogP contribution in [0, 0.1) is 11.8 Å². The zero-order valence-corrected chi connectivity index (χ0v) is 11.5. The fraction of sp³-hybridized carbons (Fsp3) is 0.583. The molecule has 18 heavy (non-hydrogen) atoms. The van der Waals surface area contributed by atoms with E-state index in [0.29, 0.717) is 24.9 Å². The maximum atomic E-state index is 12.4. The molecule has 0 saturated carbocycles. The Labute approximate surface area is 108 Å². The molecule has 2 heterocycles. The number of aromatic nitrogens is 1. The van der Waals surface area contributed by atoms with Crippen LogP contribution >= 0.6 is 0 Å². The lowest BCUT2D eigenvalue weighted by molar-refractivity contribution is 0.212. The van der Waals surface area contributed by atoms with Gasteiger partial charge in [-0.3, -0.25) is 0 Å². The summed E-state index contributed by atoms with van der Waals surface area (Å²) in [6.45, 7) is 5.41. The number of anilines is 1. The summed E-state index contributed by atoms with van der Waals surface area (Å²) in [5.74, 6) is 1.18. The Morgan fingerprint density at radius 2 is 2.11 bits per heavy atom. The summed E-state index contributed by atoms with van der Waals surface area (Å²) < 4.78 is 26.4. The van der Waals surface area contributed by atoms with Crippen LogP contribution in [0.4, 0.5) is 5.82 Å². The van der Waals surface area contributed by atoms with Gasteiger partial charge in [-0.2, -0.15) is 4.31 Å².